The van der Waals surface area contributed by atoms with Crippen molar-refractivity contribution < 1.29 is 17.9 Å². The predicted octanol–water partition coefficient (Wildman–Crippen LogP) is 7.14. The number of aryl methyl sites for hydroxylation is 4. The molecule has 0 saturated heterocycles. The van der Waals surface area contributed by atoms with Crippen LogP contribution in [0.4, 0.5) is 13.2 Å². The van der Waals surface area contributed by atoms with Crippen molar-refractivity contribution in [3.8, 4) is 11.6 Å². The number of halogens is 5. The zero-order valence-corrected chi connectivity index (χ0v) is 19.3. The largest absolute Gasteiger partial charge is 0.438 e. The lowest BCUT2D eigenvalue weighted by Crippen LogP contribution is -2.05. The van der Waals surface area contributed by atoms with Gasteiger partial charge >= 0.3 is 6.18 Å². The Morgan fingerprint density at radius 2 is 1.81 bits per heavy atom. The minimum atomic E-state index is -4.43. The molecule has 0 saturated carbocycles. The van der Waals surface area contributed by atoms with Crippen LogP contribution in [-0.2, 0) is 25.4 Å². The van der Waals surface area contributed by atoms with Gasteiger partial charge in [0, 0.05) is 12.3 Å². The van der Waals surface area contributed by atoms with Gasteiger partial charge in [-0.1, -0.05) is 24.6 Å². The lowest BCUT2D eigenvalue weighted by atomic mass is 10.1. The Bertz CT molecular complexity index is 1060. The standard InChI is InChI=1S/C22H20BrClF3N3O/c1-3-17-21(24)18(30-13(2)29-17)6-4-5-14-7-9-19(16(23)11-14)31-20-10-8-15(12-28-20)22(25,26)27/h7-12H,3-6H2,1-2H3. The fourth-order valence-corrected chi connectivity index (χ4v) is 3.86. The second-order valence-corrected chi connectivity index (χ2v) is 8.17. The van der Waals surface area contributed by atoms with Crippen molar-refractivity contribution in [3.63, 3.8) is 0 Å². The maximum Gasteiger partial charge on any atom is 0.417 e. The van der Waals surface area contributed by atoms with Crippen molar-refractivity contribution in [2.24, 2.45) is 0 Å². The van der Waals surface area contributed by atoms with Crippen molar-refractivity contribution >= 4 is 27.5 Å². The summed E-state index contributed by atoms with van der Waals surface area (Å²) >= 11 is 9.86. The van der Waals surface area contributed by atoms with Crippen LogP contribution < -0.4 is 4.74 Å². The van der Waals surface area contributed by atoms with Crippen LogP contribution in [0.25, 0.3) is 0 Å². The zero-order valence-electron chi connectivity index (χ0n) is 16.9. The van der Waals surface area contributed by atoms with Crippen LogP contribution in [-0.4, -0.2) is 15.0 Å². The minimum absolute atomic E-state index is 0.0851. The molecule has 2 heterocycles. The molecule has 0 N–H and O–H groups in total. The van der Waals surface area contributed by atoms with Gasteiger partial charge in [-0.15, -0.1) is 0 Å². The Labute approximate surface area is 192 Å². The van der Waals surface area contributed by atoms with Gasteiger partial charge < -0.3 is 4.74 Å². The van der Waals surface area contributed by atoms with E-state index >= 15 is 0 Å². The first-order valence-electron chi connectivity index (χ1n) is 9.68. The third-order valence-corrected chi connectivity index (χ3v) is 5.64. The first-order valence-corrected chi connectivity index (χ1v) is 10.9. The van der Waals surface area contributed by atoms with Gasteiger partial charge in [0.05, 0.1) is 26.4 Å². The number of nitrogens with zero attached hydrogens (tertiary/aromatic N) is 3. The molecule has 0 radical (unpaired) electrons. The molecule has 0 aliphatic heterocycles. The molecule has 0 aliphatic carbocycles. The predicted molar refractivity (Wildman–Crippen MR) is 117 cm³/mol. The molecular weight excluding hydrogens is 495 g/mol. The Morgan fingerprint density at radius 3 is 2.42 bits per heavy atom. The van der Waals surface area contributed by atoms with Gasteiger partial charge in [-0.3, -0.25) is 0 Å². The normalized spacial score (nSPS) is 11.6. The van der Waals surface area contributed by atoms with E-state index in [-0.39, 0.29) is 5.88 Å². The molecule has 3 aromatic rings. The molecule has 0 bridgehead atoms. The van der Waals surface area contributed by atoms with Crippen molar-refractivity contribution in [2.75, 3.05) is 0 Å². The quantitative estimate of drug-likeness (QED) is 0.336. The summed E-state index contributed by atoms with van der Waals surface area (Å²) in [5.74, 6) is 1.28. The molecule has 0 spiro atoms. The summed E-state index contributed by atoms with van der Waals surface area (Å²) < 4.78 is 44.2. The topological polar surface area (TPSA) is 47.9 Å². The van der Waals surface area contributed by atoms with Gasteiger partial charge in [-0.05, 0) is 72.3 Å². The lowest BCUT2D eigenvalue weighted by Gasteiger charge is -2.11. The van der Waals surface area contributed by atoms with Gasteiger partial charge in [-0.2, -0.15) is 13.2 Å². The molecule has 2 aromatic heterocycles. The summed E-state index contributed by atoms with van der Waals surface area (Å²) in [4.78, 5) is 12.6. The summed E-state index contributed by atoms with van der Waals surface area (Å²) in [6.07, 6.45) is -0.523. The molecule has 0 fully saturated rings. The van der Waals surface area contributed by atoms with Crippen molar-refractivity contribution in [1.29, 1.82) is 0 Å². The number of aromatic nitrogens is 3. The molecule has 31 heavy (non-hydrogen) atoms. The van der Waals surface area contributed by atoms with Crippen LogP contribution in [0.1, 0.15) is 41.7 Å². The van der Waals surface area contributed by atoms with E-state index in [1.54, 1.807) is 6.07 Å². The number of hydrogen-bond acceptors (Lipinski definition) is 4. The number of benzene rings is 1. The first kappa shape index (κ1) is 23.5. The lowest BCUT2D eigenvalue weighted by molar-refractivity contribution is -0.137. The van der Waals surface area contributed by atoms with Crippen LogP contribution in [0.2, 0.25) is 5.02 Å². The van der Waals surface area contributed by atoms with Crippen LogP contribution >= 0.6 is 27.5 Å². The van der Waals surface area contributed by atoms with Crippen LogP contribution in [0.5, 0.6) is 11.6 Å². The highest BCUT2D eigenvalue weighted by Crippen LogP contribution is 2.33. The Kier molecular flexibility index (Phi) is 7.54. The molecule has 0 aliphatic rings. The highest BCUT2D eigenvalue weighted by Gasteiger charge is 2.30. The van der Waals surface area contributed by atoms with Crippen molar-refractivity contribution in [2.45, 2.75) is 45.7 Å². The van der Waals surface area contributed by atoms with Gasteiger partial charge in [0.1, 0.15) is 11.6 Å². The van der Waals surface area contributed by atoms with E-state index in [1.165, 1.54) is 6.07 Å². The maximum atomic E-state index is 12.6. The Balaban J connectivity index is 1.62. The third kappa shape index (κ3) is 6.17. The maximum absolute atomic E-state index is 12.6. The minimum Gasteiger partial charge on any atom is -0.438 e. The van der Waals surface area contributed by atoms with E-state index < -0.39 is 11.7 Å². The third-order valence-electron chi connectivity index (χ3n) is 4.59. The molecule has 3 rings (SSSR count). The molecule has 1 aromatic carbocycles. The van der Waals surface area contributed by atoms with E-state index in [4.69, 9.17) is 16.3 Å². The molecule has 4 nitrogen and oxygen atoms in total. The van der Waals surface area contributed by atoms with Crippen LogP contribution in [0.3, 0.4) is 0 Å². The smallest absolute Gasteiger partial charge is 0.417 e. The van der Waals surface area contributed by atoms with E-state index in [9.17, 15) is 13.2 Å². The van der Waals surface area contributed by atoms with E-state index in [2.05, 4.69) is 30.9 Å². The second kappa shape index (κ2) is 9.96. The molecular formula is C22H20BrClF3N3O. The van der Waals surface area contributed by atoms with Crippen LogP contribution in [0, 0.1) is 6.92 Å². The second-order valence-electron chi connectivity index (χ2n) is 6.94. The highest BCUT2D eigenvalue weighted by atomic mass is 79.9. The summed E-state index contributed by atoms with van der Waals surface area (Å²) in [5, 5.41) is 0.641. The average molecular weight is 515 g/mol. The number of alkyl halides is 3. The number of pyridine rings is 1. The van der Waals surface area contributed by atoms with Gasteiger partial charge in [0.25, 0.3) is 0 Å². The summed E-state index contributed by atoms with van der Waals surface area (Å²) in [5.41, 5.74) is 1.99. The first-order chi connectivity index (χ1) is 14.7. The Hall–Kier alpha value is -2.19. The summed E-state index contributed by atoms with van der Waals surface area (Å²) in [7, 11) is 0. The van der Waals surface area contributed by atoms with Crippen molar-refractivity contribution in [3.05, 3.63) is 74.4 Å². The van der Waals surface area contributed by atoms with Gasteiger partial charge in [0.15, 0.2) is 0 Å². The van der Waals surface area contributed by atoms with Gasteiger partial charge in [0.2, 0.25) is 5.88 Å². The SMILES string of the molecule is CCc1nc(C)nc(CCCc2ccc(Oc3ccc(C(F)(F)F)cn3)c(Br)c2)c1Cl. The van der Waals surface area contributed by atoms with Crippen LogP contribution in [0.15, 0.2) is 41.0 Å². The van der Waals surface area contributed by atoms with E-state index in [0.29, 0.717) is 15.2 Å². The summed E-state index contributed by atoms with van der Waals surface area (Å²) in [6.45, 7) is 3.87. The number of hydrogen-bond donors (Lipinski definition) is 0. The fourth-order valence-electron chi connectivity index (χ4n) is 3.04. The monoisotopic (exact) mass is 513 g/mol. The highest BCUT2D eigenvalue weighted by molar-refractivity contribution is 9.10. The number of rotatable bonds is 7. The Morgan fingerprint density at radius 1 is 1.06 bits per heavy atom. The van der Waals surface area contributed by atoms with E-state index in [1.807, 2.05) is 26.0 Å². The molecule has 0 atom stereocenters. The van der Waals surface area contributed by atoms with Crippen molar-refractivity contribution in [1.82, 2.24) is 15.0 Å². The average Bonchev–Trinajstić information content (AvgIpc) is 2.72. The van der Waals surface area contributed by atoms with E-state index in [0.717, 1.165) is 60.7 Å². The molecule has 9 heteroatoms. The fraction of sp³-hybridized carbons (Fsp3) is 0.318. The molecule has 0 amide bonds. The number of ether oxygens (including phenoxy) is 1. The molecule has 164 valence electrons. The molecule has 0 unspecified atom stereocenters. The summed E-state index contributed by atoms with van der Waals surface area (Å²) in [6, 6.07) is 7.73. The zero-order chi connectivity index (χ0) is 22.6. The van der Waals surface area contributed by atoms with Gasteiger partial charge in [-0.25, -0.2) is 15.0 Å².